The fraction of sp³-hybridized carbons (Fsp3) is 0.250. The second kappa shape index (κ2) is 11.7. The number of amidine groups is 1. The molecule has 0 saturated heterocycles. The van der Waals surface area contributed by atoms with Crippen LogP contribution in [0.3, 0.4) is 0 Å². The number of rotatable bonds is 11. The van der Waals surface area contributed by atoms with Crippen LogP contribution in [0.1, 0.15) is 17.7 Å². The van der Waals surface area contributed by atoms with Gasteiger partial charge in [-0.05, 0) is 68.6 Å². The first-order valence-corrected chi connectivity index (χ1v) is 12.9. The lowest BCUT2D eigenvalue weighted by atomic mass is 10.2. The van der Waals surface area contributed by atoms with Gasteiger partial charge >= 0.3 is 0 Å². The number of hydrogen-bond donors (Lipinski definition) is 2. The van der Waals surface area contributed by atoms with Crippen molar-refractivity contribution in [1.29, 1.82) is 0 Å². The SMILES string of the molecule is CS(=O)(=O)CCCNc1nonc1/C(=N/OCc1ccc([N+](=O)[O-])cc1)Nc1ccc(F)c(Br)c1. The third-order valence-electron chi connectivity index (χ3n) is 4.41. The highest BCUT2D eigenvalue weighted by atomic mass is 79.9. The summed E-state index contributed by atoms with van der Waals surface area (Å²) in [5.41, 5.74) is 1.15. The van der Waals surface area contributed by atoms with Crippen molar-refractivity contribution >= 4 is 48.8 Å². The highest BCUT2D eigenvalue weighted by molar-refractivity contribution is 9.10. The van der Waals surface area contributed by atoms with E-state index in [1.807, 2.05) is 0 Å². The lowest BCUT2D eigenvalue weighted by Gasteiger charge is -2.10. The second-order valence-corrected chi connectivity index (χ2v) is 10.4. The minimum Gasteiger partial charge on any atom is -0.389 e. The van der Waals surface area contributed by atoms with Crippen LogP contribution in [0.5, 0.6) is 0 Å². The molecule has 1 heterocycles. The lowest BCUT2D eigenvalue weighted by molar-refractivity contribution is -0.384. The molecule has 0 aliphatic rings. The molecule has 15 heteroatoms. The summed E-state index contributed by atoms with van der Waals surface area (Å²) in [6, 6.07) is 9.95. The van der Waals surface area contributed by atoms with Crippen LogP contribution < -0.4 is 10.6 Å². The molecule has 0 fully saturated rings. The minimum absolute atomic E-state index is 0.0121. The van der Waals surface area contributed by atoms with E-state index in [-0.39, 0.29) is 46.4 Å². The number of sulfone groups is 1. The number of nitrogens with zero attached hydrogens (tertiary/aromatic N) is 4. The van der Waals surface area contributed by atoms with E-state index < -0.39 is 20.6 Å². The Balaban J connectivity index is 1.78. The average molecular weight is 571 g/mol. The van der Waals surface area contributed by atoms with E-state index >= 15 is 0 Å². The van der Waals surface area contributed by atoms with Crippen molar-refractivity contribution in [2.24, 2.45) is 5.16 Å². The van der Waals surface area contributed by atoms with Gasteiger partial charge in [-0.2, -0.15) is 0 Å². The molecule has 0 atom stereocenters. The zero-order valence-corrected chi connectivity index (χ0v) is 20.7. The Morgan fingerprint density at radius 1 is 1.26 bits per heavy atom. The van der Waals surface area contributed by atoms with Gasteiger partial charge in [0.25, 0.3) is 5.69 Å². The molecule has 0 radical (unpaired) electrons. The highest BCUT2D eigenvalue weighted by Gasteiger charge is 2.19. The van der Waals surface area contributed by atoms with Crippen molar-refractivity contribution in [3.8, 4) is 0 Å². The third kappa shape index (κ3) is 7.99. The number of nitro groups is 1. The summed E-state index contributed by atoms with van der Waals surface area (Å²) in [6.45, 7) is 0.256. The van der Waals surface area contributed by atoms with Crippen molar-refractivity contribution in [2.45, 2.75) is 13.0 Å². The van der Waals surface area contributed by atoms with Gasteiger partial charge < -0.3 is 15.5 Å². The molecule has 0 bridgehead atoms. The Hall–Kier alpha value is -3.59. The molecule has 2 N–H and O–H groups in total. The van der Waals surface area contributed by atoms with Crippen molar-refractivity contribution in [1.82, 2.24) is 10.3 Å². The molecular formula is C20H20BrFN6O6S. The van der Waals surface area contributed by atoms with Gasteiger partial charge in [0, 0.05) is 30.6 Å². The van der Waals surface area contributed by atoms with Crippen LogP contribution in [0, 0.1) is 15.9 Å². The molecule has 3 rings (SSSR count). The van der Waals surface area contributed by atoms with Crippen LogP contribution in [-0.2, 0) is 21.3 Å². The predicted molar refractivity (Wildman–Crippen MR) is 129 cm³/mol. The summed E-state index contributed by atoms with van der Waals surface area (Å²) in [4.78, 5) is 15.7. The summed E-state index contributed by atoms with van der Waals surface area (Å²) in [5, 5.41) is 28.4. The van der Waals surface area contributed by atoms with Crippen LogP contribution >= 0.6 is 15.9 Å². The Labute approximate surface area is 207 Å². The second-order valence-electron chi connectivity index (χ2n) is 7.26. The average Bonchev–Trinajstić information content (AvgIpc) is 3.26. The van der Waals surface area contributed by atoms with Crippen molar-refractivity contribution in [3.63, 3.8) is 0 Å². The van der Waals surface area contributed by atoms with Crippen LogP contribution in [0.25, 0.3) is 0 Å². The molecule has 1 aromatic heterocycles. The van der Waals surface area contributed by atoms with E-state index in [0.717, 1.165) is 6.26 Å². The lowest BCUT2D eigenvalue weighted by Crippen LogP contribution is -2.18. The van der Waals surface area contributed by atoms with Crippen molar-refractivity contribution in [2.75, 3.05) is 29.2 Å². The van der Waals surface area contributed by atoms with Gasteiger partial charge in [0.15, 0.2) is 5.69 Å². The first kappa shape index (κ1) is 26.0. The van der Waals surface area contributed by atoms with E-state index in [4.69, 9.17) is 9.47 Å². The van der Waals surface area contributed by atoms with Crippen molar-refractivity contribution in [3.05, 3.63) is 74.1 Å². The number of nitro benzene ring substituents is 1. The largest absolute Gasteiger partial charge is 0.389 e. The Morgan fingerprint density at radius 2 is 2.00 bits per heavy atom. The Kier molecular flexibility index (Phi) is 8.70. The molecule has 0 spiro atoms. The molecule has 0 aliphatic heterocycles. The van der Waals surface area contributed by atoms with E-state index in [1.165, 1.54) is 42.5 Å². The van der Waals surface area contributed by atoms with Crippen LogP contribution in [0.4, 0.5) is 21.6 Å². The van der Waals surface area contributed by atoms with Gasteiger partial charge in [-0.1, -0.05) is 5.16 Å². The normalized spacial score (nSPS) is 11.8. The van der Waals surface area contributed by atoms with Gasteiger partial charge in [-0.3, -0.25) is 10.1 Å². The molecular weight excluding hydrogens is 551 g/mol. The molecule has 186 valence electrons. The molecule has 12 nitrogen and oxygen atoms in total. The molecule has 0 saturated carbocycles. The Morgan fingerprint density at radius 3 is 2.66 bits per heavy atom. The monoisotopic (exact) mass is 570 g/mol. The van der Waals surface area contributed by atoms with E-state index in [1.54, 1.807) is 0 Å². The van der Waals surface area contributed by atoms with Gasteiger partial charge in [0.05, 0.1) is 15.1 Å². The first-order valence-electron chi connectivity index (χ1n) is 10.0. The highest BCUT2D eigenvalue weighted by Crippen LogP contribution is 2.22. The smallest absolute Gasteiger partial charge is 0.269 e. The zero-order valence-electron chi connectivity index (χ0n) is 18.3. The number of benzene rings is 2. The maximum atomic E-state index is 13.6. The standard InChI is InChI=1S/C20H20BrFN6O6S/c1-35(31,32)10-2-9-23-19-18(25-34-27-19)20(24-14-5-8-17(22)16(21)11-14)26-33-12-13-3-6-15(7-4-13)28(29)30/h3-8,11H,2,9-10,12H2,1H3,(H,23,27)(H,24,26). The number of hydrogen-bond acceptors (Lipinski definition) is 10. The van der Waals surface area contributed by atoms with Crippen LogP contribution in [-0.4, -0.2) is 48.0 Å². The topological polar surface area (TPSA) is 162 Å². The fourth-order valence-electron chi connectivity index (χ4n) is 2.72. The molecule has 3 aromatic rings. The zero-order chi connectivity index (χ0) is 25.4. The van der Waals surface area contributed by atoms with Gasteiger partial charge in [0.2, 0.25) is 11.7 Å². The summed E-state index contributed by atoms with van der Waals surface area (Å²) < 4.78 is 41.3. The number of oxime groups is 1. The summed E-state index contributed by atoms with van der Waals surface area (Å²) >= 11 is 3.11. The number of non-ortho nitro benzene ring substituents is 1. The molecule has 0 aliphatic carbocycles. The van der Waals surface area contributed by atoms with Gasteiger partial charge in [0.1, 0.15) is 22.3 Å². The maximum Gasteiger partial charge on any atom is 0.269 e. The van der Waals surface area contributed by atoms with E-state index in [0.29, 0.717) is 17.7 Å². The first-order chi connectivity index (χ1) is 16.6. The minimum atomic E-state index is -3.11. The van der Waals surface area contributed by atoms with Gasteiger partial charge in [-0.25, -0.2) is 17.4 Å². The summed E-state index contributed by atoms with van der Waals surface area (Å²) in [5.74, 6) is -0.219. The quantitative estimate of drug-likeness (QED) is 0.114. The van der Waals surface area contributed by atoms with Crippen molar-refractivity contribution < 1.29 is 27.2 Å². The summed E-state index contributed by atoms with van der Waals surface area (Å²) in [7, 11) is -3.11. The number of halogens is 2. The van der Waals surface area contributed by atoms with Gasteiger partial charge in [-0.15, -0.1) is 0 Å². The van der Waals surface area contributed by atoms with E-state index in [9.17, 15) is 22.9 Å². The third-order valence-corrected chi connectivity index (χ3v) is 6.05. The predicted octanol–water partition coefficient (Wildman–Crippen LogP) is 3.72. The molecule has 35 heavy (non-hydrogen) atoms. The molecule has 0 amide bonds. The molecule has 0 unspecified atom stereocenters. The summed E-state index contributed by atoms with van der Waals surface area (Å²) in [6.07, 6.45) is 1.47. The number of nitrogens with one attached hydrogen (secondary N) is 2. The van der Waals surface area contributed by atoms with Crippen LogP contribution in [0.15, 0.2) is 56.7 Å². The fourth-order valence-corrected chi connectivity index (χ4v) is 3.77. The van der Waals surface area contributed by atoms with Crippen LogP contribution in [0.2, 0.25) is 0 Å². The number of anilines is 2. The van der Waals surface area contributed by atoms with E-state index in [2.05, 4.69) is 42.0 Å². The number of aromatic nitrogens is 2. The maximum absolute atomic E-state index is 13.6. The Bertz CT molecular complexity index is 1320. The molecule has 2 aromatic carbocycles.